The largest absolute Gasteiger partial charge is 0.465 e. The van der Waals surface area contributed by atoms with Crippen molar-refractivity contribution in [3.63, 3.8) is 0 Å². The van der Waals surface area contributed by atoms with E-state index in [0.29, 0.717) is 6.42 Å². The van der Waals surface area contributed by atoms with Crippen LogP contribution in [0.15, 0.2) is 17.1 Å². The number of aliphatic hydroxyl groups excluding tert-OH is 1. The molecule has 2 N–H and O–H groups in total. The number of halogens is 2. The van der Waals surface area contributed by atoms with Crippen molar-refractivity contribution in [3.8, 4) is 0 Å². The number of hydrogen-bond donors (Lipinski definition) is 2. The summed E-state index contributed by atoms with van der Waals surface area (Å²) in [5.74, 6) is -2.85. The van der Waals surface area contributed by atoms with Crippen LogP contribution in [0.4, 0.5) is 19.3 Å². The van der Waals surface area contributed by atoms with Crippen LogP contribution in [0.1, 0.15) is 56.4 Å². The molecule has 2 fully saturated rings. The first-order valence-corrected chi connectivity index (χ1v) is 11.5. The molecule has 1 saturated heterocycles. The first kappa shape index (κ1) is 24.9. The molecule has 2 atom stereocenters. The van der Waals surface area contributed by atoms with Crippen LogP contribution in [0, 0.1) is 11.6 Å². The fourth-order valence-electron chi connectivity index (χ4n) is 4.58. The van der Waals surface area contributed by atoms with Gasteiger partial charge in [-0.15, -0.1) is 0 Å². The molecule has 0 spiro atoms. The Hall–Kier alpha value is -3.21. The average molecular weight is 494 g/mol. The van der Waals surface area contributed by atoms with Crippen LogP contribution in [0.25, 0.3) is 10.9 Å². The molecule has 0 unspecified atom stereocenters. The first-order chi connectivity index (χ1) is 16.5. The number of aliphatic hydroxyl groups is 1. The van der Waals surface area contributed by atoms with Crippen LogP contribution in [0.5, 0.6) is 0 Å². The fraction of sp³-hybridized carbons (Fsp3) is 0.542. The number of nitrogens with one attached hydrogen (secondary N) is 1. The number of methoxy groups -OCH3 is 1. The highest BCUT2D eigenvalue weighted by Crippen LogP contribution is 2.40. The molecule has 2 heterocycles. The Labute approximate surface area is 200 Å². The van der Waals surface area contributed by atoms with Crippen LogP contribution < -0.4 is 15.6 Å². The van der Waals surface area contributed by atoms with Crippen LogP contribution >= 0.6 is 0 Å². The molecule has 9 nitrogen and oxygen atoms in total. The zero-order valence-corrected chi connectivity index (χ0v) is 20.1. The van der Waals surface area contributed by atoms with E-state index in [9.17, 15) is 19.5 Å². The minimum absolute atomic E-state index is 0.109. The quantitative estimate of drug-likeness (QED) is 0.617. The number of fused-ring (bicyclic) bond motifs is 1. The van der Waals surface area contributed by atoms with Gasteiger partial charge < -0.3 is 29.4 Å². The molecule has 1 saturated carbocycles. The molecule has 190 valence electrons. The summed E-state index contributed by atoms with van der Waals surface area (Å²) in [6.07, 6.45) is 2.32. The number of carbonyl (C=O) groups is 2. The van der Waals surface area contributed by atoms with Gasteiger partial charge in [0, 0.05) is 18.8 Å². The lowest BCUT2D eigenvalue weighted by molar-refractivity contribution is 0.0495. The number of nitrogens with zero attached hydrogens (tertiary/aromatic N) is 2. The number of amides is 1. The highest BCUT2D eigenvalue weighted by molar-refractivity contribution is 5.95. The van der Waals surface area contributed by atoms with Crippen molar-refractivity contribution < 1.29 is 33.0 Å². The van der Waals surface area contributed by atoms with Crippen molar-refractivity contribution in [3.05, 3.63) is 39.7 Å². The maximum atomic E-state index is 16.0. The molecule has 35 heavy (non-hydrogen) atoms. The van der Waals surface area contributed by atoms with Gasteiger partial charge in [-0.25, -0.2) is 18.4 Å². The Balaban J connectivity index is 1.77. The highest BCUT2D eigenvalue weighted by atomic mass is 19.1. The van der Waals surface area contributed by atoms with Gasteiger partial charge in [0.1, 0.15) is 22.7 Å². The predicted octanol–water partition coefficient (Wildman–Crippen LogP) is 2.87. The molecular weight excluding hydrogens is 464 g/mol. The summed E-state index contributed by atoms with van der Waals surface area (Å²) in [5.41, 5.74) is -2.36. The summed E-state index contributed by atoms with van der Waals surface area (Å²) in [7, 11) is 1.13. The summed E-state index contributed by atoms with van der Waals surface area (Å²) in [6.45, 7) is 4.80. The number of pyridine rings is 1. The summed E-state index contributed by atoms with van der Waals surface area (Å²) < 4.78 is 42.8. The Morgan fingerprint density at radius 2 is 1.91 bits per heavy atom. The molecule has 1 amide bonds. The Morgan fingerprint density at radius 3 is 2.49 bits per heavy atom. The van der Waals surface area contributed by atoms with E-state index in [1.165, 1.54) is 15.7 Å². The number of aromatic nitrogens is 1. The van der Waals surface area contributed by atoms with E-state index in [1.54, 1.807) is 20.8 Å². The molecule has 1 aliphatic carbocycles. The van der Waals surface area contributed by atoms with Gasteiger partial charge in [0.25, 0.3) is 0 Å². The summed E-state index contributed by atoms with van der Waals surface area (Å²) in [4.78, 5) is 38.6. The molecule has 11 heteroatoms. The number of anilines is 1. The third-order valence-corrected chi connectivity index (χ3v) is 6.25. The normalized spacial score (nSPS) is 20.3. The van der Waals surface area contributed by atoms with Gasteiger partial charge in [-0.1, -0.05) is 0 Å². The van der Waals surface area contributed by atoms with E-state index in [4.69, 9.17) is 4.74 Å². The molecule has 4 rings (SSSR count). The number of hydrogen-bond acceptors (Lipinski definition) is 7. The SMILES string of the molecule is COC(=O)c1cn(C2CC2)c2c(F)c(N3CC[C@@H](NC(=O)OC(C)(C)C)[C@H]3CO)c(F)cc2c1=O. The molecule has 2 aliphatic rings. The number of benzene rings is 1. The zero-order chi connectivity index (χ0) is 25.7. The van der Waals surface area contributed by atoms with Crippen molar-refractivity contribution in [2.45, 2.75) is 63.8 Å². The molecular formula is C24H29F2N3O6. The second-order valence-electron chi connectivity index (χ2n) is 9.90. The summed E-state index contributed by atoms with van der Waals surface area (Å²) in [6, 6.07) is -0.649. The van der Waals surface area contributed by atoms with Gasteiger partial charge in [0.15, 0.2) is 5.82 Å². The number of esters is 1. The van der Waals surface area contributed by atoms with E-state index < -0.39 is 59.1 Å². The number of rotatable bonds is 5. The standard InChI is InChI=1S/C24H29F2N3O6/c1-24(2,3)35-23(33)27-16-7-8-28(17(16)11-30)20-15(25)9-13-19(18(20)26)29(12-5-6-12)10-14(21(13)31)22(32)34-4/h9-10,12,16-17,30H,5-8,11H2,1-4H3,(H,27,33)/t16-,17-/m1/s1. The van der Waals surface area contributed by atoms with E-state index in [-0.39, 0.29) is 29.1 Å². The molecule has 1 aromatic heterocycles. The number of ether oxygens (including phenoxy) is 2. The lowest BCUT2D eigenvalue weighted by Gasteiger charge is -2.30. The molecule has 2 aromatic rings. The lowest BCUT2D eigenvalue weighted by Crippen LogP contribution is -2.48. The third kappa shape index (κ3) is 4.69. The van der Waals surface area contributed by atoms with Crippen molar-refractivity contribution in [2.75, 3.05) is 25.2 Å². The molecule has 0 radical (unpaired) electrons. The van der Waals surface area contributed by atoms with Gasteiger partial charge >= 0.3 is 12.1 Å². The van der Waals surface area contributed by atoms with Crippen molar-refractivity contribution in [1.29, 1.82) is 0 Å². The predicted molar refractivity (Wildman–Crippen MR) is 124 cm³/mol. The van der Waals surface area contributed by atoms with Crippen LogP contribution in [0.3, 0.4) is 0 Å². The van der Waals surface area contributed by atoms with Gasteiger partial charge in [-0.2, -0.15) is 0 Å². The second-order valence-corrected chi connectivity index (χ2v) is 9.90. The fourth-order valence-corrected chi connectivity index (χ4v) is 4.58. The smallest absolute Gasteiger partial charge is 0.407 e. The first-order valence-electron chi connectivity index (χ1n) is 11.5. The van der Waals surface area contributed by atoms with Crippen molar-refractivity contribution in [2.24, 2.45) is 0 Å². The maximum Gasteiger partial charge on any atom is 0.407 e. The third-order valence-electron chi connectivity index (χ3n) is 6.25. The minimum atomic E-state index is -1.01. The lowest BCUT2D eigenvalue weighted by atomic mass is 10.1. The van der Waals surface area contributed by atoms with Crippen LogP contribution in [-0.4, -0.2) is 59.7 Å². The van der Waals surface area contributed by atoms with Crippen LogP contribution in [0.2, 0.25) is 0 Å². The summed E-state index contributed by atoms with van der Waals surface area (Å²) in [5, 5.41) is 12.5. The second kappa shape index (κ2) is 9.10. The van der Waals surface area contributed by atoms with Crippen LogP contribution in [-0.2, 0) is 9.47 Å². The zero-order valence-electron chi connectivity index (χ0n) is 20.1. The van der Waals surface area contributed by atoms with Gasteiger partial charge in [-0.3, -0.25) is 4.79 Å². The number of carbonyl (C=O) groups excluding carboxylic acids is 2. The molecule has 1 aliphatic heterocycles. The van der Waals surface area contributed by atoms with Gasteiger partial charge in [-0.05, 0) is 46.1 Å². The van der Waals surface area contributed by atoms with Crippen molar-refractivity contribution >= 4 is 28.7 Å². The average Bonchev–Trinajstić information content (AvgIpc) is 3.54. The molecule has 1 aromatic carbocycles. The minimum Gasteiger partial charge on any atom is -0.465 e. The van der Waals surface area contributed by atoms with Gasteiger partial charge in [0.2, 0.25) is 5.43 Å². The van der Waals surface area contributed by atoms with E-state index in [2.05, 4.69) is 10.1 Å². The Kier molecular flexibility index (Phi) is 6.48. The van der Waals surface area contributed by atoms with Crippen molar-refractivity contribution in [1.82, 2.24) is 9.88 Å². The Bertz CT molecular complexity index is 1230. The molecule has 0 bridgehead atoms. The number of alkyl carbamates (subject to hydrolysis) is 1. The van der Waals surface area contributed by atoms with Gasteiger partial charge in [0.05, 0.1) is 36.7 Å². The van der Waals surface area contributed by atoms with E-state index >= 15 is 8.78 Å². The monoisotopic (exact) mass is 493 g/mol. The summed E-state index contributed by atoms with van der Waals surface area (Å²) >= 11 is 0. The van der Waals surface area contributed by atoms with E-state index in [1.807, 2.05) is 0 Å². The highest BCUT2D eigenvalue weighted by Gasteiger charge is 2.39. The topological polar surface area (TPSA) is 110 Å². The maximum absolute atomic E-state index is 16.0. The van der Waals surface area contributed by atoms with E-state index in [0.717, 1.165) is 26.0 Å². The Morgan fingerprint density at radius 1 is 1.23 bits per heavy atom.